The molecule has 0 amide bonds. The van der Waals surface area contributed by atoms with Gasteiger partial charge < -0.3 is 16.4 Å². The number of piperazine rings is 1. The van der Waals surface area contributed by atoms with Gasteiger partial charge in [-0.2, -0.15) is 0 Å². The minimum Gasteiger partial charge on any atom is -0.396 e. The molecule has 0 saturated carbocycles. The van der Waals surface area contributed by atoms with E-state index in [9.17, 15) is 4.21 Å². The van der Waals surface area contributed by atoms with Crippen LogP contribution in [0.25, 0.3) is 0 Å². The second-order valence-electron chi connectivity index (χ2n) is 4.17. The molecule has 1 unspecified atom stereocenters. The van der Waals surface area contributed by atoms with E-state index in [1.165, 1.54) is 0 Å². The number of nitrogens with two attached hydrogens (primary N) is 2. The topological polar surface area (TPSA) is 88.5 Å². The summed E-state index contributed by atoms with van der Waals surface area (Å²) in [5.41, 5.74) is 11.9. The molecule has 1 fully saturated rings. The second-order valence-corrected chi connectivity index (χ2v) is 5.91. The molecular weight excluding hydrogens is 250 g/mol. The Morgan fingerprint density at radius 3 is 2.50 bits per heavy atom. The zero-order chi connectivity index (χ0) is 13.1. The molecule has 100 valence electrons. The van der Waals surface area contributed by atoms with Crippen LogP contribution >= 0.6 is 0 Å². The fourth-order valence-corrected chi connectivity index (χ4v) is 2.89. The third-order valence-electron chi connectivity index (χ3n) is 3.04. The van der Waals surface area contributed by atoms with Crippen molar-refractivity contribution < 1.29 is 4.21 Å². The van der Waals surface area contributed by atoms with E-state index in [4.69, 9.17) is 11.5 Å². The van der Waals surface area contributed by atoms with Crippen LogP contribution in [-0.2, 0) is 11.0 Å². The van der Waals surface area contributed by atoms with E-state index in [2.05, 4.69) is 9.88 Å². The maximum Gasteiger partial charge on any atom is 0.149 e. The van der Waals surface area contributed by atoms with Crippen LogP contribution in [-0.4, -0.2) is 45.4 Å². The highest BCUT2D eigenvalue weighted by Crippen LogP contribution is 2.19. The van der Waals surface area contributed by atoms with Crippen LogP contribution in [0.3, 0.4) is 0 Å². The lowest BCUT2D eigenvalue weighted by atomic mass is 10.3. The van der Waals surface area contributed by atoms with Crippen LogP contribution in [0.1, 0.15) is 6.92 Å². The Bertz CT molecular complexity index is 445. The second kappa shape index (κ2) is 5.53. The first-order valence-corrected chi connectivity index (χ1v) is 7.29. The molecule has 1 aliphatic heterocycles. The summed E-state index contributed by atoms with van der Waals surface area (Å²) in [4.78, 5) is 6.41. The molecule has 2 heterocycles. The number of anilines is 3. The van der Waals surface area contributed by atoms with Crippen molar-refractivity contribution in [1.29, 1.82) is 0 Å². The van der Waals surface area contributed by atoms with Gasteiger partial charge >= 0.3 is 0 Å². The number of rotatable bonds is 3. The van der Waals surface area contributed by atoms with Gasteiger partial charge in [-0.05, 0) is 12.1 Å². The Morgan fingerprint density at radius 2 is 1.94 bits per heavy atom. The number of aromatic nitrogens is 1. The molecule has 0 spiro atoms. The molecule has 1 aliphatic rings. The molecule has 4 N–H and O–H groups in total. The molecule has 0 bridgehead atoms. The number of hydrogen-bond acceptors (Lipinski definition) is 5. The maximum absolute atomic E-state index is 11.7. The van der Waals surface area contributed by atoms with Crippen molar-refractivity contribution in [2.75, 3.05) is 48.3 Å². The van der Waals surface area contributed by atoms with Crippen LogP contribution in [0.5, 0.6) is 0 Å². The first-order chi connectivity index (χ1) is 8.61. The summed E-state index contributed by atoms with van der Waals surface area (Å²) in [6.07, 6.45) is 0. The Hall–Kier alpha value is -1.34. The van der Waals surface area contributed by atoms with Crippen LogP contribution in [0.2, 0.25) is 0 Å². The monoisotopic (exact) mass is 269 g/mol. The molecule has 1 aromatic rings. The van der Waals surface area contributed by atoms with Gasteiger partial charge in [0.15, 0.2) is 0 Å². The van der Waals surface area contributed by atoms with Crippen molar-refractivity contribution >= 4 is 28.3 Å². The quantitative estimate of drug-likeness (QED) is 0.809. The van der Waals surface area contributed by atoms with E-state index in [0.717, 1.165) is 32.0 Å². The van der Waals surface area contributed by atoms with Gasteiger partial charge in [0, 0.05) is 31.9 Å². The van der Waals surface area contributed by atoms with Crippen molar-refractivity contribution in [3.05, 3.63) is 12.1 Å². The first-order valence-electron chi connectivity index (χ1n) is 6.02. The SMILES string of the molecule is CCS(=O)N1CCN(c2ccc(N)c(N)n2)CC1. The minimum atomic E-state index is -0.851. The van der Waals surface area contributed by atoms with E-state index >= 15 is 0 Å². The Balaban J connectivity index is 2.01. The summed E-state index contributed by atoms with van der Waals surface area (Å²) in [6, 6.07) is 3.65. The van der Waals surface area contributed by atoms with Crippen molar-refractivity contribution in [3.63, 3.8) is 0 Å². The summed E-state index contributed by atoms with van der Waals surface area (Å²) in [5.74, 6) is 1.88. The first kappa shape index (κ1) is 13.1. The van der Waals surface area contributed by atoms with Gasteiger partial charge in [-0.3, -0.25) is 0 Å². The highest BCUT2D eigenvalue weighted by atomic mass is 32.2. The highest BCUT2D eigenvalue weighted by molar-refractivity contribution is 7.82. The van der Waals surface area contributed by atoms with Crippen molar-refractivity contribution in [2.45, 2.75) is 6.92 Å². The molecule has 1 atom stereocenters. The third kappa shape index (κ3) is 2.73. The number of hydrogen-bond donors (Lipinski definition) is 2. The Labute approximate surface area is 110 Å². The standard InChI is InChI=1S/C11H19N5OS/c1-2-18(17)16-7-5-15(6-8-16)10-4-3-9(12)11(13)14-10/h3-4H,2,5-8,12H2,1H3,(H2,13,14). The lowest BCUT2D eigenvalue weighted by Crippen LogP contribution is -2.47. The average Bonchev–Trinajstić information content (AvgIpc) is 2.41. The van der Waals surface area contributed by atoms with Gasteiger partial charge in [0.2, 0.25) is 0 Å². The lowest BCUT2D eigenvalue weighted by molar-refractivity contribution is 0.409. The summed E-state index contributed by atoms with van der Waals surface area (Å²) in [5, 5.41) is 0. The highest BCUT2D eigenvalue weighted by Gasteiger charge is 2.21. The van der Waals surface area contributed by atoms with Gasteiger partial charge in [-0.15, -0.1) is 0 Å². The van der Waals surface area contributed by atoms with Crippen molar-refractivity contribution in [2.24, 2.45) is 0 Å². The molecule has 1 aromatic heterocycles. The van der Waals surface area contributed by atoms with Crippen LogP contribution in [0.15, 0.2) is 12.1 Å². The molecule has 7 heteroatoms. The zero-order valence-electron chi connectivity index (χ0n) is 10.5. The van der Waals surface area contributed by atoms with Gasteiger partial charge in [0.05, 0.1) is 16.7 Å². The van der Waals surface area contributed by atoms with Gasteiger partial charge in [-0.1, -0.05) is 6.92 Å². The largest absolute Gasteiger partial charge is 0.396 e. The fourth-order valence-electron chi connectivity index (χ4n) is 1.95. The average molecular weight is 269 g/mol. The van der Waals surface area contributed by atoms with Gasteiger partial charge in [0.25, 0.3) is 0 Å². The summed E-state index contributed by atoms with van der Waals surface area (Å²) >= 11 is 0. The lowest BCUT2D eigenvalue weighted by Gasteiger charge is -2.34. The Kier molecular flexibility index (Phi) is 4.03. The van der Waals surface area contributed by atoms with Crippen LogP contribution in [0.4, 0.5) is 17.3 Å². The molecule has 2 rings (SSSR count). The van der Waals surface area contributed by atoms with E-state index in [1.54, 1.807) is 6.07 Å². The molecule has 18 heavy (non-hydrogen) atoms. The molecule has 0 radical (unpaired) electrons. The third-order valence-corrected chi connectivity index (χ3v) is 4.48. The molecular formula is C11H19N5OS. The molecule has 0 aromatic carbocycles. The summed E-state index contributed by atoms with van der Waals surface area (Å²) in [7, 11) is -0.851. The van der Waals surface area contributed by atoms with Crippen molar-refractivity contribution in [3.8, 4) is 0 Å². The van der Waals surface area contributed by atoms with Gasteiger partial charge in [-0.25, -0.2) is 13.5 Å². The number of pyridine rings is 1. The molecule has 1 saturated heterocycles. The normalized spacial score (nSPS) is 18.8. The Morgan fingerprint density at radius 1 is 1.28 bits per heavy atom. The smallest absolute Gasteiger partial charge is 0.149 e. The van der Waals surface area contributed by atoms with E-state index < -0.39 is 11.0 Å². The number of nitrogens with zero attached hydrogens (tertiary/aromatic N) is 3. The van der Waals surface area contributed by atoms with Gasteiger partial charge in [0.1, 0.15) is 11.6 Å². The van der Waals surface area contributed by atoms with E-state index in [1.807, 2.05) is 17.3 Å². The van der Waals surface area contributed by atoms with Crippen molar-refractivity contribution in [1.82, 2.24) is 9.29 Å². The van der Waals surface area contributed by atoms with E-state index in [0.29, 0.717) is 17.3 Å². The van der Waals surface area contributed by atoms with Crippen LogP contribution in [0, 0.1) is 0 Å². The van der Waals surface area contributed by atoms with Crippen LogP contribution < -0.4 is 16.4 Å². The fraction of sp³-hybridized carbons (Fsp3) is 0.545. The predicted molar refractivity (Wildman–Crippen MR) is 75.5 cm³/mol. The molecule has 0 aliphatic carbocycles. The molecule has 6 nitrogen and oxygen atoms in total. The predicted octanol–water partition coefficient (Wildman–Crippen LogP) is 0.0516. The maximum atomic E-state index is 11.7. The number of nitrogen functional groups attached to an aromatic ring is 2. The summed E-state index contributed by atoms with van der Waals surface area (Å²) < 4.78 is 13.7. The van der Waals surface area contributed by atoms with E-state index in [-0.39, 0.29) is 0 Å². The summed E-state index contributed by atoms with van der Waals surface area (Å²) in [6.45, 7) is 5.12. The zero-order valence-corrected chi connectivity index (χ0v) is 11.3. The minimum absolute atomic E-state index is 0.368.